The van der Waals surface area contributed by atoms with Crippen LogP contribution in [0.3, 0.4) is 0 Å². The van der Waals surface area contributed by atoms with Gasteiger partial charge in [0, 0.05) is 13.0 Å². The second-order valence-corrected chi connectivity index (χ2v) is 5.96. The first-order valence-electron chi connectivity index (χ1n) is 6.22. The fraction of sp³-hybridized carbons (Fsp3) is 0.571. The molecule has 4 nitrogen and oxygen atoms in total. The van der Waals surface area contributed by atoms with Gasteiger partial charge in [0.2, 0.25) is 5.91 Å². The van der Waals surface area contributed by atoms with Crippen LogP contribution in [0.4, 0.5) is 0 Å². The van der Waals surface area contributed by atoms with E-state index in [0.29, 0.717) is 36.7 Å². The summed E-state index contributed by atoms with van der Waals surface area (Å²) in [7, 11) is 0. The van der Waals surface area contributed by atoms with Gasteiger partial charge in [-0.25, -0.2) is 0 Å². The minimum absolute atomic E-state index is 0.140. The summed E-state index contributed by atoms with van der Waals surface area (Å²) >= 11 is 0. The van der Waals surface area contributed by atoms with Crippen LogP contribution in [0.25, 0.3) is 0 Å². The lowest BCUT2D eigenvalue weighted by Crippen LogP contribution is -2.27. The molecule has 98 valence electrons. The van der Waals surface area contributed by atoms with Crippen molar-refractivity contribution in [3.63, 3.8) is 0 Å². The van der Waals surface area contributed by atoms with Gasteiger partial charge < -0.3 is 9.32 Å². The molecule has 1 amide bonds. The van der Waals surface area contributed by atoms with E-state index >= 15 is 0 Å². The monoisotopic (exact) mass is 249 g/mol. The van der Waals surface area contributed by atoms with Crippen LogP contribution in [-0.4, -0.2) is 23.6 Å². The van der Waals surface area contributed by atoms with Crippen molar-refractivity contribution in [2.75, 3.05) is 6.54 Å². The van der Waals surface area contributed by atoms with Gasteiger partial charge in [-0.15, -0.1) is 0 Å². The zero-order valence-electron chi connectivity index (χ0n) is 11.1. The van der Waals surface area contributed by atoms with Crippen molar-refractivity contribution in [1.82, 2.24) is 4.90 Å². The maximum atomic E-state index is 11.9. The fourth-order valence-corrected chi connectivity index (χ4v) is 2.24. The molecule has 0 spiro atoms. The Morgan fingerprint density at radius 1 is 1.44 bits per heavy atom. The molecule has 1 aromatic heterocycles. The molecule has 2 rings (SSSR count). The number of furan rings is 1. The number of aldehydes is 1. The summed E-state index contributed by atoms with van der Waals surface area (Å²) in [5, 5.41) is 0. The summed E-state index contributed by atoms with van der Waals surface area (Å²) in [6.45, 7) is 7.70. The molecule has 0 N–H and O–H groups in total. The third kappa shape index (κ3) is 2.63. The number of hydrogen-bond donors (Lipinski definition) is 0. The summed E-state index contributed by atoms with van der Waals surface area (Å²) in [6.07, 6.45) is 1.28. The molecule has 1 unspecified atom stereocenters. The second kappa shape index (κ2) is 4.59. The number of amides is 1. The molecular weight excluding hydrogens is 230 g/mol. The highest BCUT2D eigenvalue weighted by Gasteiger charge is 2.36. The van der Waals surface area contributed by atoms with E-state index in [1.165, 1.54) is 0 Å². The van der Waals surface area contributed by atoms with E-state index in [-0.39, 0.29) is 11.3 Å². The van der Waals surface area contributed by atoms with Crippen molar-refractivity contribution in [2.24, 2.45) is 11.3 Å². The Bertz CT molecular complexity index is 456. The topological polar surface area (TPSA) is 50.5 Å². The van der Waals surface area contributed by atoms with Crippen molar-refractivity contribution in [1.29, 1.82) is 0 Å². The van der Waals surface area contributed by atoms with Crippen LogP contribution in [0, 0.1) is 11.3 Å². The highest BCUT2D eigenvalue weighted by molar-refractivity contribution is 5.78. The molecule has 0 radical (unpaired) electrons. The smallest absolute Gasteiger partial charge is 0.223 e. The number of rotatable bonds is 3. The van der Waals surface area contributed by atoms with Crippen LogP contribution in [0.5, 0.6) is 0 Å². The third-order valence-electron chi connectivity index (χ3n) is 3.58. The van der Waals surface area contributed by atoms with Gasteiger partial charge >= 0.3 is 0 Å². The number of nitrogens with zero attached hydrogens (tertiary/aromatic N) is 1. The van der Waals surface area contributed by atoms with E-state index in [4.69, 9.17) is 4.42 Å². The molecule has 0 saturated carbocycles. The van der Waals surface area contributed by atoms with Gasteiger partial charge in [0.05, 0.1) is 6.54 Å². The van der Waals surface area contributed by atoms with Crippen LogP contribution >= 0.6 is 0 Å². The Kier molecular flexibility index (Phi) is 3.28. The van der Waals surface area contributed by atoms with Crippen molar-refractivity contribution in [3.8, 4) is 0 Å². The van der Waals surface area contributed by atoms with Crippen molar-refractivity contribution >= 4 is 12.2 Å². The van der Waals surface area contributed by atoms with Crippen LogP contribution < -0.4 is 0 Å². The average Bonchev–Trinajstić information content (AvgIpc) is 2.86. The standard InChI is InChI=1S/C14H19NO3/c1-14(2,3)10-6-13(17)15(7-10)8-11-4-5-12(9-16)18-11/h4-5,9-10H,6-8H2,1-3H3. The Labute approximate surface area is 107 Å². The molecule has 0 aliphatic carbocycles. The summed E-state index contributed by atoms with van der Waals surface area (Å²) < 4.78 is 5.30. The molecule has 2 heterocycles. The highest BCUT2D eigenvalue weighted by Crippen LogP contribution is 2.34. The fourth-order valence-electron chi connectivity index (χ4n) is 2.24. The molecule has 0 bridgehead atoms. The van der Waals surface area contributed by atoms with E-state index in [1.807, 2.05) is 4.90 Å². The predicted octanol–water partition coefficient (Wildman–Crippen LogP) is 2.49. The largest absolute Gasteiger partial charge is 0.456 e. The maximum absolute atomic E-state index is 11.9. The Hall–Kier alpha value is -1.58. The summed E-state index contributed by atoms with van der Waals surface area (Å²) in [6, 6.07) is 3.38. The summed E-state index contributed by atoms with van der Waals surface area (Å²) in [5.41, 5.74) is 0.140. The van der Waals surface area contributed by atoms with Gasteiger partial charge in [0.25, 0.3) is 0 Å². The van der Waals surface area contributed by atoms with E-state index in [0.717, 1.165) is 6.54 Å². The summed E-state index contributed by atoms with van der Waals surface area (Å²) in [5.74, 6) is 1.52. The van der Waals surface area contributed by atoms with Gasteiger partial charge in [-0.2, -0.15) is 0 Å². The first kappa shape index (κ1) is 12.9. The normalized spacial score (nSPS) is 20.5. The van der Waals surface area contributed by atoms with E-state index in [2.05, 4.69) is 20.8 Å². The minimum Gasteiger partial charge on any atom is -0.456 e. The maximum Gasteiger partial charge on any atom is 0.223 e. The molecule has 4 heteroatoms. The molecule has 1 saturated heterocycles. The van der Waals surface area contributed by atoms with E-state index < -0.39 is 0 Å². The molecule has 1 aliphatic rings. The Balaban J connectivity index is 2.02. The number of likely N-dealkylation sites (tertiary alicyclic amines) is 1. The van der Waals surface area contributed by atoms with Crippen LogP contribution in [0.2, 0.25) is 0 Å². The highest BCUT2D eigenvalue weighted by atomic mass is 16.3. The van der Waals surface area contributed by atoms with E-state index in [1.54, 1.807) is 12.1 Å². The molecule has 1 fully saturated rings. The van der Waals surface area contributed by atoms with E-state index in [9.17, 15) is 9.59 Å². The van der Waals surface area contributed by atoms with Crippen molar-refractivity contribution in [2.45, 2.75) is 33.7 Å². The van der Waals surface area contributed by atoms with Crippen LogP contribution in [-0.2, 0) is 11.3 Å². The quantitative estimate of drug-likeness (QED) is 0.773. The lowest BCUT2D eigenvalue weighted by atomic mass is 9.80. The zero-order valence-corrected chi connectivity index (χ0v) is 11.1. The van der Waals surface area contributed by atoms with Gasteiger partial charge in [-0.05, 0) is 23.5 Å². The molecule has 0 aromatic carbocycles. The second-order valence-electron chi connectivity index (χ2n) is 5.96. The number of carbonyl (C=O) groups excluding carboxylic acids is 2. The molecule has 1 aromatic rings. The van der Waals surface area contributed by atoms with Crippen LogP contribution in [0.1, 0.15) is 43.5 Å². The predicted molar refractivity (Wildman–Crippen MR) is 67.1 cm³/mol. The average molecular weight is 249 g/mol. The SMILES string of the molecule is CC(C)(C)C1CC(=O)N(Cc2ccc(C=O)o2)C1. The first-order chi connectivity index (χ1) is 8.40. The van der Waals surface area contributed by atoms with Crippen LogP contribution in [0.15, 0.2) is 16.5 Å². The Morgan fingerprint density at radius 2 is 2.17 bits per heavy atom. The number of carbonyl (C=O) groups is 2. The first-order valence-corrected chi connectivity index (χ1v) is 6.22. The molecular formula is C14H19NO3. The Morgan fingerprint density at radius 3 is 2.67 bits per heavy atom. The molecule has 18 heavy (non-hydrogen) atoms. The van der Waals surface area contributed by atoms with Gasteiger partial charge in [0.15, 0.2) is 12.0 Å². The van der Waals surface area contributed by atoms with Gasteiger partial charge in [-0.1, -0.05) is 20.8 Å². The lowest BCUT2D eigenvalue weighted by Gasteiger charge is -2.26. The molecule has 1 atom stereocenters. The zero-order chi connectivity index (χ0) is 13.3. The summed E-state index contributed by atoms with van der Waals surface area (Å²) in [4.78, 5) is 24.3. The lowest BCUT2D eigenvalue weighted by molar-refractivity contribution is -0.128. The minimum atomic E-state index is 0.140. The molecule has 1 aliphatic heterocycles. The number of hydrogen-bond acceptors (Lipinski definition) is 3. The van der Waals surface area contributed by atoms with Gasteiger partial charge in [-0.3, -0.25) is 9.59 Å². The third-order valence-corrected chi connectivity index (χ3v) is 3.58. The van der Waals surface area contributed by atoms with Crippen molar-refractivity contribution < 1.29 is 14.0 Å². The van der Waals surface area contributed by atoms with Gasteiger partial charge in [0.1, 0.15) is 5.76 Å². The van der Waals surface area contributed by atoms with Crippen molar-refractivity contribution in [3.05, 3.63) is 23.7 Å².